The van der Waals surface area contributed by atoms with E-state index in [0.717, 1.165) is 16.8 Å². The molecule has 0 aliphatic rings. The Balaban J connectivity index is 1.84. The first-order valence-electron chi connectivity index (χ1n) is 7.94. The Kier molecular flexibility index (Phi) is 5.82. The molecular formula is C19H25N3O2. The Hall–Kier alpha value is -2.53. The van der Waals surface area contributed by atoms with E-state index in [1.54, 1.807) is 6.92 Å². The molecule has 0 aliphatic heterocycles. The lowest BCUT2D eigenvalue weighted by molar-refractivity contribution is 0.0594. The lowest BCUT2D eigenvalue weighted by atomic mass is 9.96. The molecule has 5 nitrogen and oxygen atoms in total. The van der Waals surface area contributed by atoms with Crippen LogP contribution in [0.1, 0.15) is 18.1 Å². The van der Waals surface area contributed by atoms with Gasteiger partial charge in [0.15, 0.2) is 0 Å². The number of aliphatic hydroxyl groups is 1. The summed E-state index contributed by atoms with van der Waals surface area (Å²) in [5, 5.41) is 16.0. The molecular weight excluding hydrogens is 302 g/mol. The molecule has 0 aliphatic carbocycles. The highest BCUT2D eigenvalue weighted by Gasteiger charge is 2.23. The highest BCUT2D eigenvalue weighted by Crippen LogP contribution is 2.18. The van der Waals surface area contributed by atoms with Gasteiger partial charge in [-0.15, -0.1) is 0 Å². The van der Waals surface area contributed by atoms with Gasteiger partial charge < -0.3 is 20.6 Å². The standard InChI is InChI=1S/C19H25N3O2/c1-19(24,16-9-5-4-6-10-16)14-21-18(23)20-13-15-8-7-11-17(12-15)22(2)3/h4-12,24H,13-14H2,1-3H3,(H2,20,21,23). The quantitative estimate of drug-likeness (QED) is 0.764. The van der Waals surface area contributed by atoms with Crippen molar-refractivity contribution in [3.05, 3.63) is 65.7 Å². The zero-order valence-corrected chi connectivity index (χ0v) is 14.4. The summed E-state index contributed by atoms with van der Waals surface area (Å²) in [6, 6.07) is 17.0. The minimum absolute atomic E-state index is 0.139. The van der Waals surface area contributed by atoms with Gasteiger partial charge in [0, 0.05) is 26.3 Å². The molecule has 1 unspecified atom stereocenters. The molecule has 0 saturated heterocycles. The van der Waals surface area contributed by atoms with Gasteiger partial charge in [-0.25, -0.2) is 4.79 Å². The van der Waals surface area contributed by atoms with E-state index < -0.39 is 5.60 Å². The number of amides is 2. The number of hydrogen-bond acceptors (Lipinski definition) is 3. The molecule has 0 heterocycles. The van der Waals surface area contributed by atoms with Crippen molar-refractivity contribution in [1.29, 1.82) is 0 Å². The van der Waals surface area contributed by atoms with E-state index in [9.17, 15) is 9.90 Å². The van der Waals surface area contributed by atoms with Crippen molar-refractivity contribution >= 4 is 11.7 Å². The van der Waals surface area contributed by atoms with Gasteiger partial charge in [0.2, 0.25) is 0 Å². The highest BCUT2D eigenvalue weighted by atomic mass is 16.3. The molecule has 1 atom stereocenters. The van der Waals surface area contributed by atoms with E-state index >= 15 is 0 Å². The molecule has 0 saturated carbocycles. The Morgan fingerprint density at radius 2 is 1.79 bits per heavy atom. The van der Waals surface area contributed by atoms with E-state index in [0.29, 0.717) is 6.54 Å². The van der Waals surface area contributed by atoms with Crippen molar-refractivity contribution < 1.29 is 9.90 Å². The second-order valence-corrected chi connectivity index (χ2v) is 6.24. The van der Waals surface area contributed by atoms with E-state index in [1.807, 2.05) is 73.6 Å². The summed E-state index contributed by atoms with van der Waals surface area (Å²) in [5.41, 5.74) is 1.76. The van der Waals surface area contributed by atoms with Crippen molar-refractivity contribution in [3.8, 4) is 0 Å². The van der Waals surface area contributed by atoms with Crippen molar-refractivity contribution in [2.45, 2.75) is 19.1 Å². The van der Waals surface area contributed by atoms with Gasteiger partial charge in [0.25, 0.3) is 0 Å². The van der Waals surface area contributed by atoms with Crippen LogP contribution in [0.25, 0.3) is 0 Å². The number of benzene rings is 2. The number of rotatable bonds is 6. The van der Waals surface area contributed by atoms with E-state index in [4.69, 9.17) is 0 Å². The molecule has 5 heteroatoms. The first kappa shape index (κ1) is 17.8. The largest absolute Gasteiger partial charge is 0.384 e. The summed E-state index contributed by atoms with van der Waals surface area (Å²) in [6.07, 6.45) is 0. The first-order chi connectivity index (χ1) is 11.4. The Bertz CT molecular complexity index is 669. The fourth-order valence-corrected chi connectivity index (χ4v) is 2.34. The van der Waals surface area contributed by atoms with Crippen LogP contribution in [0.3, 0.4) is 0 Å². The summed E-state index contributed by atoms with van der Waals surface area (Å²) in [7, 11) is 3.95. The van der Waals surface area contributed by atoms with Crippen LogP contribution in [0.5, 0.6) is 0 Å². The Morgan fingerprint density at radius 3 is 2.46 bits per heavy atom. The zero-order chi connectivity index (χ0) is 17.6. The SMILES string of the molecule is CN(C)c1cccc(CNC(=O)NCC(C)(O)c2ccccc2)c1. The second kappa shape index (κ2) is 7.84. The van der Waals surface area contributed by atoms with E-state index in [-0.39, 0.29) is 12.6 Å². The summed E-state index contributed by atoms with van der Waals surface area (Å²) >= 11 is 0. The van der Waals surface area contributed by atoms with Crippen molar-refractivity contribution in [2.75, 3.05) is 25.5 Å². The minimum atomic E-state index is -1.11. The van der Waals surface area contributed by atoms with Crippen LogP contribution < -0.4 is 15.5 Å². The normalized spacial score (nSPS) is 13.0. The number of hydrogen-bond donors (Lipinski definition) is 3. The molecule has 0 bridgehead atoms. The lowest BCUT2D eigenvalue weighted by Gasteiger charge is -2.24. The molecule has 2 amide bonds. The molecule has 2 rings (SSSR count). The molecule has 24 heavy (non-hydrogen) atoms. The van der Waals surface area contributed by atoms with Crippen LogP contribution in [0.2, 0.25) is 0 Å². The van der Waals surface area contributed by atoms with Gasteiger partial charge in [-0.05, 0) is 30.2 Å². The molecule has 0 fully saturated rings. The summed E-state index contributed by atoms with van der Waals surface area (Å²) in [4.78, 5) is 14.0. The first-order valence-corrected chi connectivity index (χ1v) is 7.94. The minimum Gasteiger partial charge on any atom is -0.384 e. The smallest absolute Gasteiger partial charge is 0.315 e. The Morgan fingerprint density at radius 1 is 1.08 bits per heavy atom. The van der Waals surface area contributed by atoms with Gasteiger partial charge in [0.05, 0.1) is 6.54 Å². The fraction of sp³-hybridized carbons (Fsp3) is 0.316. The third-order valence-electron chi connectivity index (χ3n) is 3.87. The average molecular weight is 327 g/mol. The van der Waals surface area contributed by atoms with Gasteiger partial charge in [-0.1, -0.05) is 42.5 Å². The van der Waals surface area contributed by atoms with E-state index in [2.05, 4.69) is 10.6 Å². The predicted octanol–water partition coefficient (Wildman–Crippen LogP) is 2.46. The fourth-order valence-electron chi connectivity index (χ4n) is 2.34. The molecule has 0 radical (unpaired) electrons. The van der Waals surface area contributed by atoms with Crippen LogP contribution in [0, 0.1) is 0 Å². The number of nitrogens with one attached hydrogen (secondary N) is 2. The Labute approximate surface area is 143 Å². The molecule has 2 aromatic carbocycles. The van der Waals surface area contributed by atoms with Crippen LogP contribution in [0.15, 0.2) is 54.6 Å². The topological polar surface area (TPSA) is 64.6 Å². The maximum Gasteiger partial charge on any atom is 0.315 e. The molecule has 2 aromatic rings. The summed E-state index contributed by atoms with van der Waals surface area (Å²) in [5.74, 6) is 0. The number of carbonyl (C=O) groups excluding carboxylic acids is 1. The molecule has 0 spiro atoms. The van der Waals surface area contributed by atoms with Crippen LogP contribution in [-0.2, 0) is 12.1 Å². The third kappa shape index (κ3) is 4.99. The van der Waals surface area contributed by atoms with Crippen LogP contribution >= 0.6 is 0 Å². The average Bonchev–Trinajstić information content (AvgIpc) is 2.59. The van der Waals surface area contributed by atoms with Gasteiger partial charge >= 0.3 is 6.03 Å². The van der Waals surface area contributed by atoms with Gasteiger partial charge in [-0.2, -0.15) is 0 Å². The van der Waals surface area contributed by atoms with Crippen molar-refractivity contribution in [2.24, 2.45) is 0 Å². The van der Waals surface area contributed by atoms with Gasteiger partial charge in [-0.3, -0.25) is 0 Å². The zero-order valence-electron chi connectivity index (χ0n) is 14.4. The van der Waals surface area contributed by atoms with Crippen LogP contribution in [0.4, 0.5) is 10.5 Å². The number of urea groups is 1. The number of anilines is 1. The number of carbonyl (C=O) groups is 1. The highest BCUT2D eigenvalue weighted by molar-refractivity contribution is 5.74. The van der Waals surface area contributed by atoms with Crippen molar-refractivity contribution in [3.63, 3.8) is 0 Å². The van der Waals surface area contributed by atoms with Gasteiger partial charge in [0.1, 0.15) is 5.60 Å². The number of nitrogens with zero attached hydrogens (tertiary/aromatic N) is 1. The summed E-state index contributed by atoms with van der Waals surface area (Å²) in [6.45, 7) is 2.25. The molecule has 128 valence electrons. The monoisotopic (exact) mass is 327 g/mol. The van der Waals surface area contributed by atoms with E-state index in [1.165, 1.54) is 0 Å². The van der Waals surface area contributed by atoms with Crippen molar-refractivity contribution in [1.82, 2.24) is 10.6 Å². The maximum absolute atomic E-state index is 12.0. The lowest BCUT2D eigenvalue weighted by Crippen LogP contribution is -2.43. The second-order valence-electron chi connectivity index (χ2n) is 6.24. The predicted molar refractivity (Wildman–Crippen MR) is 97.0 cm³/mol. The summed E-state index contributed by atoms with van der Waals surface area (Å²) < 4.78 is 0. The molecule has 0 aromatic heterocycles. The maximum atomic E-state index is 12.0. The third-order valence-corrected chi connectivity index (χ3v) is 3.87. The molecule has 3 N–H and O–H groups in total. The van der Waals surface area contributed by atoms with Crippen LogP contribution in [-0.4, -0.2) is 31.8 Å².